The summed E-state index contributed by atoms with van der Waals surface area (Å²) in [6.07, 6.45) is 4.04. The Balaban J connectivity index is 1.54. The van der Waals surface area contributed by atoms with Gasteiger partial charge in [0.25, 0.3) is 5.91 Å². The van der Waals surface area contributed by atoms with Crippen LogP contribution in [-0.4, -0.2) is 28.7 Å². The molecule has 1 aliphatic rings. The van der Waals surface area contributed by atoms with Crippen LogP contribution in [0.1, 0.15) is 54.2 Å². The van der Waals surface area contributed by atoms with Crippen molar-refractivity contribution in [3.63, 3.8) is 0 Å². The van der Waals surface area contributed by atoms with E-state index in [0.29, 0.717) is 18.8 Å². The number of nitrogens with zero attached hydrogens (tertiary/aromatic N) is 1. The zero-order chi connectivity index (χ0) is 21.1. The third kappa shape index (κ3) is 4.69. The van der Waals surface area contributed by atoms with Crippen molar-refractivity contribution in [2.24, 2.45) is 5.92 Å². The highest BCUT2D eigenvalue weighted by Crippen LogP contribution is 2.30. The van der Waals surface area contributed by atoms with E-state index in [1.54, 1.807) is 0 Å². The topological polar surface area (TPSA) is 69.8 Å². The van der Waals surface area contributed by atoms with Gasteiger partial charge in [0, 0.05) is 24.2 Å². The maximum absolute atomic E-state index is 14.3. The van der Waals surface area contributed by atoms with Crippen LogP contribution in [0.4, 0.5) is 19.0 Å². The Morgan fingerprint density at radius 2 is 1.90 bits per heavy atom. The number of amides is 1. The van der Waals surface area contributed by atoms with Crippen LogP contribution >= 0.6 is 11.6 Å². The zero-order valence-electron chi connectivity index (χ0n) is 16.3. The molecule has 1 fully saturated rings. The van der Waals surface area contributed by atoms with Crippen LogP contribution in [0.25, 0.3) is 0 Å². The summed E-state index contributed by atoms with van der Waals surface area (Å²) in [5.74, 6) is -3.41. The lowest BCUT2D eigenvalue weighted by Crippen LogP contribution is -2.39. The molecule has 0 aliphatic heterocycles. The van der Waals surface area contributed by atoms with E-state index in [4.69, 9.17) is 11.6 Å². The molecule has 0 saturated heterocycles. The average Bonchev–Trinajstić information content (AvgIpc) is 3.18. The number of benzene rings is 1. The Morgan fingerprint density at radius 1 is 1.21 bits per heavy atom. The number of aromatic amines is 1. The smallest absolute Gasteiger partial charge is 0.256 e. The zero-order valence-corrected chi connectivity index (χ0v) is 17.1. The van der Waals surface area contributed by atoms with Gasteiger partial charge >= 0.3 is 0 Å². The first-order valence-electron chi connectivity index (χ1n) is 9.73. The van der Waals surface area contributed by atoms with Crippen LogP contribution < -0.4 is 10.6 Å². The van der Waals surface area contributed by atoms with Gasteiger partial charge in [-0.15, -0.1) is 0 Å². The van der Waals surface area contributed by atoms with E-state index in [-0.39, 0.29) is 6.04 Å². The average molecular weight is 429 g/mol. The van der Waals surface area contributed by atoms with Crippen LogP contribution in [0, 0.1) is 30.3 Å². The number of hydrogen-bond acceptors (Lipinski definition) is 3. The Bertz CT molecular complexity index is 865. The minimum absolute atomic E-state index is 0.165. The molecule has 0 bridgehead atoms. The first-order chi connectivity index (χ1) is 13.8. The molecule has 1 aromatic heterocycles. The number of rotatable bonds is 6. The fraction of sp³-hybridized carbons (Fsp3) is 0.500. The third-order valence-electron chi connectivity index (χ3n) is 5.47. The van der Waals surface area contributed by atoms with Gasteiger partial charge in [0.2, 0.25) is 0 Å². The van der Waals surface area contributed by atoms with Gasteiger partial charge in [0.15, 0.2) is 11.6 Å². The van der Waals surface area contributed by atoms with E-state index >= 15 is 0 Å². The van der Waals surface area contributed by atoms with Crippen LogP contribution in [0.3, 0.4) is 0 Å². The number of aryl methyl sites for hydroxylation is 1. The second kappa shape index (κ2) is 9.07. The second-order valence-electron chi connectivity index (χ2n) is 7.45. The molecule has 2 aromatic rings. The molecule has 9 heteroatoms. The molecule has 1 aliphatic carbocycles. The predicted octanol–water partition coefficient (Wildman–Crippen LogP) is 4.75. The maximum Gasteiger partial charge on any atom is 0.256 e. The lowest BCUT2D eigenvalue weighted by Gasteiger charge is -2.29. The van der Waals surface area contributed by atoms with Gasteiger partial charge in [-0.05, 0) is 44.9 Å². The molecule has 158 valence electrons. The summed E-state index contributed by atoms with van der Waals surface area (Å²) < 4.78 is 41.7. The maximum atomic E-state index is 14.3. The molecule has 1 saturated carbocycles. The number of aromatic nitrogens is 2. The molecule has 29 heavy (non-hydrogen) atoms. The monoisotopic (exact) mass is 428 g/mol. The van der Waals surface area contributed by atoms with E-state index in [1.165, 1.54) is 0 Å². The second-order valence-corrected chi connectivity index (χ2v) is 7.83. The van der Waals surface area contributed by atoms with Crippen LogP contribution in [0.2, 0.25) is 5.02 Å². The number of carbonyl (C=O) groups excluding carboxylic acids is 1. The molecule has 0 atom stereocenters. The molecule has 3 rings (SSSR count). The third-order valence-corrected chi connectivity index (χ3v) is 5.82. The van der Waals surface area contributed by atoms with Gasteiger partial charge in [0.1, 0.15) is 11.6 Å². The molecule has 0 radical (unpaired) electrons. The van der Waals surface area contributed by atoms with Crippen molar-refractivity contribution in [2.45, 2.75) is 52.0 Å². The summed E-state index contributed by atoms with van der Waals surface area (Å²) in [5, 5.41) is 12.3. The highest BCUT2D eigenvalue weighted by molar-refractivity contribution is 6.34. The minimum Gasteiger partial charge on any atom is -0.370 e. The number of halogens is 4. The van der Waals surface area contributed by atoms with Gasteiger partial charge in [-0.2, -0.15) is 5.10 Å². The van der Waals surface area contributed by atoms with Gasteiger partial charge in [-0.3, -0.25) is 9.89 Å². The number of H-pyrrole nitrogens is 1. The van der Waals surface area contributed by atoms with Crippen molar-refractivity contribution >= 4 is 23.3 Å². The Kier molecular flexibility index (Phi) is 6.72. The molecule has 3 N–H and O–H groups in total. The lowest BCUT2D eigenvalue weighted by molar-refractivity contribution is 0.0918. The summed E-state index contributed by atoms with van der Waals surface area (Å²) in [7, 11) is 0. The van der Waals surface area contributed by atoms with E-state index in [0.717, 1.165) is 44.2 Å². The number of anilines is 1. The Labute approximate surface area is 172 Å². The summed E-state index contributed by atoms with van der Waals surface area (Å²) in [5.41, 5.74) is -0.202. The summed E-state index contributed by atoms with van der Waals surface area (Å²) in [4.78, 5) is 12.4. The normalized spacial score (nSPS) is 19.2. The van der Waals surface area contributed by atoms with E-state index in [1.807, 2.05) is 13.0 Å². The molecular formula is C20H24ClF3N4O. The molecule has 5 nitrogen and oxygen atoms in total. The Hall–Kier alpha value is -2.22. The van der Waals surface area contributed by atoms with Crippen molar-refractivity contribution in [3.8, 4) is 0 Å². The highest BCUT2D eigenvalue weighted by Gasteiger charge is 2.29. The highest BCUT2D eigenvalue weighted by atomic mass is 35.5. The van der Waals surface area contributed by atoms with Gasteiger partial charge in [-0.1, -0.05) is 18.5 Å². The SMILES string of the molecule is CCc1cc(NCC2CCC(NC(=O)c3c(F)c(C)c(F)c(F)c3Cl)CC2)[nH]n1. The van der Waals surface area contributed by atoms with Crippen molar-refractivity contribution in [1.29, 1.82) is 0 Å². The van der Waals surface area contributed by atoms with Crippen LogP contribution in [0.15, 0.2) is 6.07 Å². The molecule has 1 amide bonds. The molecule has 1 heterocycles. The van der Waals surface area contributed by atoms with Crippen LogP contribution in [0.5, 0.6) is 0 Å². The van der Waals surface area contributed by atoms with E-state index in [9.17, 15) is 18.0 Å². The van der Waals surface area contributed by atoms with Gasteiger partial charge in [0.05, 0.1) is 16.3 Å². The molecular weight excluding hydrogens is 405 g/mol. The van der Waals surface area contributed by atoms with Gasteiger partial charge < -0.3 is 10.6 Å². The molecule has 0 spiro atoms. The summed E-state index contributed by atoms with van der Waals surface area (Å²) in [6, 6.07) is 1.81. The summed E-state index contributed by atoms with van der Waals surface area (Å²) in [6.45, 7) is 3.90. The lowest BCUT2D eigenvalue weighted by atomic mass is 9.86. The summed E-state index contributed by atoms with van der Waals surface area (Å²) >= 11 is 5.69. The van der Waals surface area contributed by atoms with Crippen molar-refractivity contribution in [3.05, 3.63) is 45.4 Å². The molecule has 0 unspecified atom stereocenters. The predicted molar refractivity (Wildman–Crippen MR) is 106 cm³/mol. The first kappa shape index (κ1) is 21.5. The van der Waals surface area contributed by atoms with Crippen molar-refractivity contribution in [1.82, 2.24) is 15.5 Å². The number of hydrogen-bond donors (Lipinski definition) is 3. The largest absolute Gasteiger partial charge is 0.370 e. The molecule has 1 aromatic carbocycles. The fourth-order valence-corrected chi connectivity index (χ4v) is 3.86. The first-order valence-corrected chi connectivity index (χ1v) is 10.1. The Morgan fingerprint density at radius 3 is 2.52 bits per heavy atom. The van der Waals surface area contributed by atoms with E-state index < -0.39 is 39.5 Å². The van der Waals surface area contributed by atoms with Crippen LogP contribution in [-0.2, 0) is 6.42 Å². The number of nitrogens with one attached hydrogen (secondary N) is 3. The standard InChI is InChI=1S/C20H24ClF3N4O/c1-3-12-8-14(28-27-12)25-9-11-4-6-13(7-5-11)26-20(29)15-16(21)19(24)18(23)10(2)17(15)22/h8,11,13H,3-7,9H2,1-2H3,(H,26,29)(H2,25,27,28). The van der Waals surface area contributed by atoms with Crippen molar-refractivity contribution < 1.29 is 18.0 Å². The van der Waals surface area contributed by atoms with Gasteiger partial charge in [-0.25, -0.2) is 13.2 Å². The van der Waals surface area contributed by atoms with Crippen molar-refractivity contribution in [2.75, 3.05) is 11.9 Å². The number of carbonyl (C=O) groups is 1. The minimum atomic E-state index is -1.41. The van der Waals surface area contributed by atoms with E-state index in [2.05, 4.69) is 20.8 Å². The quantitative estimate of drug-likeness (QED) is 0.459. The fourth-order valence-electron chi connectivity index (χ4n) is 3.61.